The second kappa shape index (κ2) is 4.53. The molecule has 5 aliphatic rings. The van der Waals surface area contributed by atoms with Crippen LogP contribution in [0.15, 0.2) is 12.2 Å². The number of carboxylic acids is 1. The van der Waals surface area contributed by atoms with E-state index in [1.807, 2.05) is 0 Å². The Kier molecular flexibility index (Phi) is 2.92. The van der Waals surface area contributed by atoms with Gasteiger partial charge in [-0.3, -0.25) is 9.59 Å². The summed E-state index contributed by atoms with van der Waals surface area (Å²) in [6.07, 6.45) is 2.25. The van der Waals surface area contributed by atoms with Crippen molar-refractivity contribution in [3.63, 3.8) is 0 Å². The van der Waals surface area contributed by atoms with Crippen LogP contribution in [0.1, 0.15) is 45.4 Å². The maximum Gasteiger partial charge on any atom is 0.312 e. The van der Waals surface area contributed by atoms with Crippen molar-refractivity contribution in [3.8, 4) is 0 Å². The maximum absolute atomic E-state index is 12.7. The zero-order valence-electron chi connectivity index (χ0n) is 15.0. The Morgan fingerprint density at radius 3 is 2.73 bits per heavy atom. The average Bonchev–Trinajstić information content (AvgIpc) is 2.89. The zero-order chi connectivity index (χ0) is 18.7. The highest BCUT2D eigenvalue weighted by Crippen LogP contribution is 2.79. The van der Waals surface area contributed by atoms with E-state index >= 15 is 0 Å². The molecular weight excluding hydrogens is 336 g/mol. The lowest BCUT2D eigenvalue weighted by Gasteiger charge is -2.56. The minimum atomic E-state index is -0.993. The van der Waals surface area contributed by atoms with E-state index in [0.29, 0.717) is 32.1 Å². The number of esters is 1. The van der Waals surface area contributed by atoms with Gasteiger partial charge in [0.1, 0.15) is 0 Å². The molecule has 0 aromatic heterocycles. The first-order chi connectivity index (χ1) is 12.1. The molecule has 4 aliphatic carbocycles. The molecule has 3 N–H and O–H groups in total. The molecule has 142 valence electrons. The van der Waals surface area contributed by atoms with Gasteiger partial charge < -0.3 is 20.1 Å². The molecule has 1 spiro atoms. The van der Waals surface area contributed by atoms with Gasteiger partial charge in [0.05, 0.1) is 29.6 Å². The number of rotatable bonds is 1. The SMILES string of the molecule is C=C1CC23C[C@@]1(O)CC[C@H]2[C@]12COC(=O)[C@](C)(C[C@@H](O)C1)[C@H]2[C@@H]3C(=O)O. The van der Waals surface area contributed by atoms with E-state index in [1.165, 1.54) is 0 Å². The second-order valence-electron chi connectivity index (χ2n) is 9.90. The molecule has 0 amide bonds. The summed E-state index contributed by atoms with van der Waals surface area (Å²) in [5, 5.41) is 31.9. The molecule has 8 atom stereocenters. The molecule has 6 nitrogen and oxygen atoms in total. The number of aliphatic carboxylic acids is 1. The van der Waals surface area contributed by atoms with Gasteiger partial charge in [0.2, 0.25) is 0 Å². The Morgan fingerprint density at radius 2 is 2.04 bits per heavy atom. The van der Waals surface area contributed by atoms with Crippen LogP contribution in [-0.4, -0.2) is 45.6 Å². The number of hydrogen-bond donors (Lipinski definition) is 3. The molecule has 0 aromatic carbocycles. The number of carbonyl (C=O) groups is 2. The Balaban J connectivity index is 1.76. The number of carbonyl (C=O) groups excluding carboxylic acids is 1. The van der Waals surface area contributed by atoms with Crippen molar-refractivity contribution in [3.05, 3.63) is 12.2 Å². The fraction of sp³-hybridized carbons (Fsp3) is 0.800. The van der Waals surface area contributed by atoms with Gasteiger partial charge in [0, 0.05) is 5.41 Å². The minimum Gasteiger partial charge on any atom is -0.481 e. The van der Waals surface area contributed by atoms with Crippen molar-refractivity contribution in [2.45, 2.75) is 57.2 Å². The normalized spacial score (nSPS) is 57.3. The number of carboxylic acid groups (broad SMARTS) is 1. The summed E-state index contributed by atoms with van der Waals surface area (Å²) in [6.45, 7) is 6.03. The van der Waals surface area contributed by atoms with Crippen molar-refractivity contribution in [2.24, 2.45) is 34.0 Å². The van der Waals surface area contributed by atoms with Crippen LogP contribution in [0.5, 0.6) is 0 Å². The fourth-order valence-electron chi connectivity index (χ4n) is 8.26. The summed E-state index contributed by atoms with van der Waals surface area (Å²) in [6, 6.07) is 0. The molecule has 1 aliphatic heterocycles. The van der Waals surface area contributed by atoms with Crippen LogP contribution in [0.2, 0.25) is 0 Å². The molecule has 26 heavy (non-hydrogen) atoms. The lowest BCUT2D eigenvalue weighted by molar-refractivity contribution is -0.212. The monoisotopic (exact) mass is 362 g/mol. The first kappa shape index (κ1) is 16.8. The molecule has 5 rings (SSSR count). The highest BCUT2D eigenvalue weighted by atomic mass is 16.5. The van der Waals surface area contributed by atoms with Crippen LogP contribution in [0.25, 0.3) is 0 Å². The standard InChI is InChI=1S/C20H26O6/c1-10-5-18-8-20(10,25)4-3-12(18)19-7-11(21)6-17(2,16(24)26-9-19)14(19)13(18)15(22)23/h11-14,21,25H,1,3-9H2,2H3,(H,22,23)/t11-,12-,13-,14-,17-,18?,19-,20+/m1/s1. The molecule has 6 heteroatoms. The van der Waals surface area contributed by atoms with E-state index in [4.69, 9.17) is 4.74 Å². The van der Waals surface area contributed by atoms with Crippen LogP contribution in [0.3, 0.4) is 0 Å². The van der Waals surface area contributed by atoms with E-state index in [1.54, 1.807) is 6.92 Å². The summed E-state index contributed by atoms with van der Waals surface area (Å²) >= 11 is 0. The van der Waals surface area contributed by atoms with Crippen molar-refractivity contribution < 1.29 is 29.6 Å². The molecule has 1 heterocycles. The predicted octanol–water partition coefficient (Wildman–Crippen LogP) is 1.50. The highest BCUT2D eigenvalue weighted by molar-refractivity contribution is 5.82. The number of cyclic esters (lactones) is 1. The van der Waals surface area contributed by atoms with Gasteiger partial charge in [-0.2, -0.15) is 0 Å². The number of hydrogen-bond acceptors (Lipinski definition) is 5. The number of ether oxygens (including phenoxy) is 1. The van der Waals surface area contributed by atoms with Gasteiger partial charge in [0.25, 0.3) is 0 Å². The Morgan fingerprint density at radius 1 is 1.31 bits per heavy atom. The summed E-state index contributed by atoms with van der Waals surface area (Å²) in [5.74, 6) is -2.34. The first-order valence-corrected chi connectivity index (χ1v) is 9.58. The summed E-state index contributed by atoms with van der Waals surface area (Å²) < 4.78 is 5.61. The topological polar surface area (TPSA) is 104 Å². The van der Waals surface area contributed by atoms with Crippen LogP contribution < -0.4 is 0 Å². The molecule has 0 aromatic rings. The number of aliphatic hydroxyl groups excluding tert-OH is 1. The quantitative estimate of drug-likeness (QED) is 0.482. The van der Waals surface area contributed by atoms with E-state index in [-0.39, 0.29) is 30.8 Å². The Hall–Kier alpha value is -1.40. The Labute approximate surface area is 152 Å². The first-order valence-electron chi connectivity index (χ1n) is 9.58. The van der Waals surface area contributed by atoms with E-state index in [0.717, 1.165) is 5.57 Å². The fourth-order valence-corrected chi connectivity index (χ4v) is 8.26. The molecule has 1 unspecified atom stereocenters. The third-order valence-corrected chi connectivity index (χ3v) is 8.79. The molecule has 4 bridgehead atoms. The van der Waals surface area contributed by atoms with Gasteiger partial charge in [-0.05, 0) is 68.3 Å². The van der Waals surface area contributed by atoms with E-state index in [2.05, 4.69) is 6.58 Å². The van der Waals surface area contributed by atoms with Crippen molar-refractivity contribution >= 4 is 11.9 Å². The van der Waals surface area contributed by atoms with Gasteiger partial charge >= 0.3 is 11.9 Å². The maximum atomic E-state index is 12.7. The van der Waals surface area contributed by atoms with Crippen LogP contribution in [0.4, 0.5) is 0 Å². The molecular formula is C20H26O6. The van der Waals surface area contributed by atoms with E-state index < -0.39 is 39.8 Å². The minimum absolute atomic E-state index is 0.0167. The molecule has 1 saturated heterocycles. The van der Waals surface area contributed by atoms with Gasteiger partial charge in [0.15, 0.2) is 0 Å². The highest BCUT2D eigenvalue weighted by Gasteiger charge is 2.80. The summed E-state index contributed by atoms with van der Waals surface area (Å²) in [4.78, 5) is 25.3. The zero-order valence-corrected chi connectivity index (χ0v) is 15.0. The largest absolute Gasteiger partial charge is 0.481 e. The van der Waals surface area contributed by atoms with Crippen LogP contribution >= 0.6 is 0 Å². The second-order valence-corrected chi connectivity index (χ2v) is 9.90. The third-order valence-electron chi connectivity index (χ3n) is 8.79. The van der Waals surface area contributed by atoms with Gasteiger partial charge in [-0.15, -0.1) is 0 Å². The lowest BCUT2D eigenvalue weighted by atomic mass is 9.50. The van der Waals surface area contributed by atoms with Crippen LogP contribution in [0, 0.1) is 34.0 Å². The number of aliphatic hydroxyl groups is 2. The molecule has 5 fully saturated rings. The van der Waals surface area contributed by atoms with Crippen molar-refractivity contribution in [1.29, 1.82) is 0 Å². The van der Waals surface area contributed by atoms with Crippen molar-refractivity contribution in [2.75, 3.05) is 6.61 Å². The average molecular weight is 362 g/mol. The van der Waals surface area contributed by atoms with Crippen LogP contribution in [-0.2, 0) is 14.3 Å². The predicted molar refractivity (Wildman–Crippen MR) is 89.8 cm³/mol. The number of fused-ring (bicyclic) bond motifs is 1. The summed E-state index contributed by atoms with van der Waals surface area (Å²) in [7, 11) is 0. The molecule has 0 radical (unpaired) electrons. The third kappa shape index (κ3) is 1.58. The van der Waals surface area contributed by atoms with Gasteiger partial charge in [-0.1, -0.05) is 6.58 Å². The van der Waals surface area contributed by atoms with Gasteiger partial charge in [-0.25, -0.2) is 0 Å². The van der Waals surface area contributed by atoms with E-state index in [9.17, 15) is 24.9 Å². The van der Waals surface area contributed by atoms with Crippen molar-refractivity contribution in [1.82, 2.24) is 0 Å². The lowest BCUT2D eigenvalue weighted by Crippen LogP contribution is -2.61. The summed E-state index contributed by atoms with van der Waals surface area (Å²) in [5.41, 5.74) is -2.37. The molecule has 4 saturated carbocycles. The smallest absolute Gasteiger partial charge is 0.312 e. The Bertz CT molecular complexity index is 747.